The normalized spacial score (nSPS) is 16.7. The highest BCUT2D eigenvalue weighted by Crippen LogP contribution is 2.37. The van der Waals surface area contributed by atoms with Crippen molar-refractivity contribution in [1.82, 2.24) is 0 Å². The van der Waals surface area contributed by atoms with Crippen molar-refractivity contribution in [2.75, 3.05) is 6.61 Å². The van der Waals surface area contributed by atoms with E-state index in [1.807, 2.05) is 30.0 Å². The Balaban J connectivity index is 1.65. The minimum Gasteiger partial charge on any atom is -0.491 e. The molecule has 2 aromatic rings. The third-order valence-electron chi connectivity index (χ3n) is 3.15. The van der Waals surface area contributed by atoms with Gasteiger partial charge in [-0.15, -0.1) is 11.8 Å². The summed E-state index contributed by atoms with van der Waals surface area (Å²) in [6.07, 6.45) is 1.04. The molecule has 1 aliphatic rings. The molecule has 0 saturated heterocycles. The predicted octanol–water partition coefficient (Wildman–Crippen LogP) is 3.65. The molecule has 0 amide bonds. The standard InChI is InChI=1S/C16H13NOS/c17-10-13-6-1-3-7-15(13)18-11-14-9-12-5-2-4-8-16(12)19-14/h1-8,14H,9,11H2. The molecule has 0 radical (unpaired) electrons. The van der Waals surface area contributed by atoms with E-state index in [4.69, 9.17) is 10.00 Å². The summed E-state index contributed by atoms with van der Waals surface area (Å²) in [4.78, 5) is 1.35. The molecule has 0 saturated carbocycles. The number of ether oxygens (including phenoxy) is 1. The van der Waals surface area contributed by atoms with Gasteiger partial charge in [-0.3, -0.25) is 0 Å². The molecule has 3 heteroatoms. The molecule has 0 aromatic heterocycles. The van der Waals surface area contributed by atoms with Crippen molar-refractivity contribution < 1.29 is 4.74 Å². The Morgan fingerprint density at radius 1 is 1.16 bits per heavy atom. The Morgan fingerprint density at radius 2 is 1.95 bits per heavy atom. The summed E-state index contributed by atoms with van der Waals surface area (Å²) in [6, 6.07) is 18.0. The number of thioether (sulfide) groups is 1. The number of benzene rings is 2. The molecule has 94 valence electrons. The highest BCUT2D eigenvalue weighted by atomic mass is 32.2. The van der Waals surface area contributed by atoms with Gasteiger partial charge in [0.1, 0.15) is 18.4 Å². The lowest BCUT2D eigenvalue weighted by molar-refractivity contribution is 0.316. The fraction of sp³-hybridized carbons (Fsp3) is 0.188. The molecule has 0 spiro atoms. The fourth-order valence-corrected chi connectivity index (χ4v) is 3.43. The van der Waals surface area contributed by atoms with Gasteiger partial charge in [0.15, 0.2) is 0 Å². The Hall–Kier alpha value is -1.92. The first-order valence-corrected chi connectivity index (χ1v) is 7.11. The van der Waals surface area contributed by atoms with Crippen molar-refractivity contribution in [3.05, 3.63) is 59.7 Å². The van der Waals surface area contributed by atoms with E-state index in [1.54, 1.807) is 6.07 Å². The molecule has 3 rings (SSSR count). The van der Waals surface area contributed by atoms with Crippen molar-refractivity contribution in [1.29, 1.82) is 5.26 Å². The largest absolute Gasteiger partial charge is 0.491 e. The molecule has 1 aliphatic heterocycles. The fourth-order valence-electron chi connectivity index (χ4n) is 2.21. The molecular weight excluding hydrogens is 254 g/mol. The Kier molecular flexibility index (Phi) is 3.43. The van der Waals surface area contributed by atoms with Crippen LogP contribution in [-0.4, -0.2) is 11.9 Å². The van der Waals surface area contributed by atoms with Crippen molar-refractivity contribution >= 4 is 11.8 Å². The second-order valence-corrected chi connectivity index (χ2v) is 5.81. The Morgan fingerprint density at radius 3 is 2.79 bits per heavy atom. The molecule has 2 nitrogen and oxygen atoms in total. The van der Waals surface area contributed by atoms with Crippen molar-refractivity contribution in [3.8, 4) is 11.8 Å². The summed E-state index contributed by atoms with van der Waals surface area (Å²) in [5.41, 5.74) is 2.00. The van der Waals surface area contributed by atoms with E-state index < -0.39 is 0 Å². The van der Waals surface area contributed by atoms with Crippen LogP contribution < -0.4 is 4.74 Å². The van der Waals surface area contributed by atoms with Crippen LogP contribution in [0.15, 0.2) is 53.4 Å². The summed E-state index contributed by atoms with van der Waals surface area (Å²) < 4.78 is 5.80. The summed E-state index contributed by atoms with van der Waals surface area (Å²) in [7, 11) is 0. The van der Waals surface area contributed by atoms with Crippen LogP contribution in [0.1, 0.15) is 11.1 Å². The van der Waals surface area contributed by atoms with Gasteiger partial charge in [-0.1, -0.05) is 30.3 Å². The van der Waals surface area contributed by atoms with Crippen LogP contribution in [0.4, 0.5) is 0 Å². The van der Waals surface area contributed by atoms with Crippen LogP contribution in [0, 0.1) is 11.3 Å². The molecule has 2 aromatic carbocycles. The van der Waals surface area contributed by atoms with E-state index in [9.17, 15) is 0 Å². The summed E-state index contributed by atoms with van der Waals surface area (Å²) in [5.74, 6) is 0.682. The second-order valence-electron chi connectivity index (χ2n) is 4.47. The Bertz CT molecular complexity index is 608. The molecule has 1 unspecified atom stereocenters. The van der Waals surface area contributed by atoms with Gasteiger partial charge in [-0.25, -0.2) is 0 Å². The van der Waals surface area contributed by atoms with Gasteiger partial charge in [-0.2, -0.15) is 5.26 Å². The molecular formula is C16H13NOS. The summed E-state index contributed by atoms with van der Waals surface area (Å²) >= 11 is 1.86. The molecule has 0 bridgehead atoms. The minimum absolute atomic E-state index is 0.434. The highest BCUT2D eigenvalue weighted by molar-refractivity contribution is 8.00. The molecule has 19 heavy (non-hydrogen) atoms. The lowest BCUT2D eigenvalue weighted by Crippen LogP contribution is -2.13. The molecule has 0 N–H and O–H groups in total. The van der Waals surface area contributed by atoms with E-state index >= 15 is 0 Å². The van der Waals surface area contributed by atoms with Gasteiger partial charge < -0.3 is 4.74 Å². The van der Waals surface area contributed by atoms with Crippen molar-refractivity contribution in [2.24, 2.45) is 0 Å². The van der Waals surface area contributed by atoms with Gasteiger partial charge >= 0.3 is 0 Å². The predicted molar refractivity (Wildman–Crippen MR) is 76.4 cm³/mol. The number of rotatable bonds is 3. The minimum atomic E-state index is 0.434. The number of fused-ring (bicyclic) bond motifs is 1. The van der Waals surface area contributed by atoms with Crippen LogP contribution in [0.3, 0.4) is 0 Å². The lowest BCUT2D eigenvalue weighted by Gasteiger charge is -2.11. The van der Waals surface area contributed by atoms with Gasteiger partial charge in [0.25, 0.3) is 0 Å². The quantitative estimate of drug-likeness (QED) is 0.851. The average Bonchev–Trinajstić information content (AvgIpc) is 2.88. The first-order chi connectivity index (χ1) is 9.36. The van der Waals surface area contributed by atoms with Crippen molar-refractivity contribution in [3.63, 3.8) is 0 Å². The van der Waals surface area contributed by atoms with Gasteiger partial charge in [-0.05, 0) is 30.2 Å². The van der Waals surface area contributed by atoms with Crippen molar-refractivity contribution in [2.45, 2.75) is 16.6 Å². The number of hydrogen-bond donors (Lipinski definition) is 0. The van der Waals surface area contributed by atoms with Crippen LogP contribution in [0.5, 0.6) is 5.75 Å². The topological polar surface area (TPSA) is 33.0 Å². The maximum atomic E-state index is 9.02. The van der Waals surface area contributed by atoms with Crippen LogP contribution in [0.2, 0.25) is 0 Å². The third kappa shape index (κ3) is 2.59. The van der Waals surface area contributed by atoms with E-state index in [1.165, 1.54) is 10.5 Å². The Labute approximate surface area is 117 Å². The monoisotopic (exact) mass is 267 g/mol. The lowest BCUT2D eigenvalue weighted by atomic mass is 10.1. The maximum Gasteiger partial charge on any atom is 0.137 e. The van der Waals surface area contributed by atoms with E-state index in [0.717, 1.165) is 6.42 Å². The maximum absolute atomic E-state index is 9.02. The third-order valence-corrected chi connectivity index (χ3v) is 4.43. The average molecular weight is 267 g/mol. The number of para-hydroxylation sites is 1. The second kappa shape index (κ2) is 5.38. The van der Waals surface area contributed by atoms with Crippen LogP contribution in [0.25, 0.3) is 0 Å². The van der Waals surface area contributed by atoms with E-state index in [2.05, 4.69) is 30.3 Å². The molecule has 1 atom stereocenters. The number of nitriles is 1. The van der Waals surface area contributed by atoms with Gasteiger partial charge in [0.2, 0.25) is 0 Å². The smallest absolute Gasteiger partial charge is 0.137 e. The van der Waals surface area contributed by atoms with Gasteiger partial charge in [0.05, 0.1) is 5.56 Å². The zero-order valence-electron chi connectivity index (χ0n) is 10.4. The highest BCUT2D eigenvalue weighted by Gasteiger charge is 2.22. The van der Waals surface area contributed by atoms with E-state index in [-0.39, 0.29) is 0 Å². The summed E-state index contributed by atoms with van der Waals surface area (Å²) in [5, 5.41) is 9.45. The van der Waals surface area contributed by atoms with Crippen LogP contribution in [-0.2, 0) is 6.42 Å². The molecule has 0 fully saturated rings. The molecule has 1 heterocycles. The zero-order chi connectivity index (χ0) is 13.1. The zero-order valence-corrected chi connectivity index (χ0v) is 11.2. The summed E-state index contributed by atoms with van der Waals surface area (Å²) in [6.45, 7) is 0.637. The number of hydrogen-bond acceptors (Lipinski definition) is 3. The van der Waals surface area contributed by atoms with Gasteiger partial charge in [0, 0.05) is 10.1 Å². The first kappa shape index (κ1) is 12.1. The number of nitrogens with zero attached hydrogens (tertiary/aromatic N) is 1. The molecule has 0 aliphatic carbocycles. The SMILES string of the molecule is N#Cc1ccccc1OCC1Cc2ccccc2S1. The van der Waals surface area contributed by atoms with E-state index in [0.29, 0.717) is 23.2 Å². The van der Waals surface area contributed by atoms with Crippen LogP contribution >= 0.6 is 11.8 Å². The first-order valence-electron chi connectivity index (χ1n) is 6.23.